The molecule has 0 heterocycles. The van der Waals surface area contributed by atoms with Crippen LogP contribution in [0.2, 0.25) is 0 Å². The van der Waals surface area contributed by atoms with Gasteiger partial charge in [-0.2, -0.15) is 5.26 Å². The molecule has 21 heavy (non-hydrogen) atoms. The van der Waals surface area contributed by atoms with Crippen LogP contribution in [0.4, 0.5) is 5.69 Å². The summed E-state index contributed by atoms with van der Waals surface area (Å²) >= 11 is 3.45. The Balaban J connectivity index is 2.09. The van der Waals surface area contributed by atoms with Crippen LogP contribution in [-0.2, 0) is 0 Å². The SMILES string of the molecule is CC1CCCC(CNc2ccc(C#N)c(Br)c2)(N(C)C)C1. The van der Waals surface area contributed by atoms with E-state index in [1.54, 1.807) is 0 Å². The van der Waals surface area contributed by atoms with Crippen LogP contribution in [0.5, 0.6) is 0 Å². The third-order valence-corrected chi connectivity index (χ3v) is 5.38. The summed E-state index contributed by atoms with van der Waals surface area (Å²) in [6.07, 6.45) is 5.13. The lowest BCUT2D eigenvalue weighted by Crippen LogP contribution is -2.52. The van der Waals surface area contributed by atoms with Crippen LogP contribution < -0.4 is 5.32 Å². The Bertz CT molecular complexity index is 535. The van der Waals surface area contributed by atoms with E-state index in [4.69, 9.17) is 5.26 Å². The molecular formula is C17H24BrN3. The van der Waals surface area contributed by atoms with Gasteiger partial charge in [-0.15, -0.1) is 0 Å². The molecule has 0 amide bonds. The number of nitriles is 1. The van der Waals surface area contributed by atoms with E-state index in [2.05, 4.69) is 53.2 Å². The van der Waals surface area contributed by atoms with Gasteiger partial charge >= 0.3 is 0 Å². The average Bonchev–Trinajstić information content (AvgIpc) is 2.45. The highest BCUT2D eigenvalue weighted by Gasteiger charge is 2.36. The van der Waals surface area contributed by atoms with Crippen LogP contribution in [0.15, 0.2) is 22.7 Å². The van der Waals surface area contributed by atoms with E-state index in [-0.39, 0.29) is 5.54 Å². The minimum atomic E-state index is 0.234. The first-order valence-electron chi connectivity index (χ1n) is 7.58. The zero-order chi connectivity index (χ0) is 15.5. The molecule has 114 valence electrons. The molecule has 2 unspecified atom stereocenters. The van der Waals surface area contributed by atoms with E-state index in [0.29, 0.717) is 5.56 Å². The molecule has 0 aromatic heterocycles. The molecular weight excluding hydrogens is 326 g/mol. The number of nitrogens with one attached hydrogen (secondary N) is 1. The molecule has 4 heteroatoms. The minimum Gasteiger partial charge on any atom is -0.383 e. The number of anilines is 1. The lowest BCUT2D eigenvalue weighted by atomic mass is 9.75. The van der Waals surface area contributed by atoms with Gasteiger partial charge in [0.05, 0.1) is 5.56 Å². The molecule has 1 N–H and O–H groups in total. The van der Waals surface area contributed by atoms with E-state index < -0.39 is 0 Å². The van der Waals surface area contributed by atoms with Gasteiger partial charge in [-0.05, 0) is 67.0 Å². The van der Waals surface area contributed by atoms with Crippen molar-refractivity contribution in [2.45, 2.75) is 38.1 Å². The number of likely N-dealkylation sites (N-methyl/N-ethyl adjacent to an activating group) is 1. The van der Waals surface area contributed by atoms with Crippen LogP contribution in [0.25, 0.3) is 0 Å². The summed E-state index contributed by atoms with van der Waals surface area (Å²) in [7, 11) is 4.38. The van der Waals surface area contributed by atoms with E-state index in [9.17, 15) is 0 Å². The average molecular weight is 350 g/mol. The van der Waals surface area contributed by atoms with E-state index in [1.165, 1.54) is 25.7 Å². The van der Waals surface area contributed by atoms with Gasteiger partial charge < -0.3 is 10.2 Å². The smallest absolute Gasteiger partial charge is 0.100 e. The van der Waals surface area contributed by atoms with Crippen LogP contribution >= 0.6 is 15.9 Å². The Morgan fingerprint density at radius 1 is 1.48 bits per heavy atom. The standard InChI is InChI=1S/C17H24BrN3/c1-13-5-4-8-17(10-13,21(2)3)12-20-15-7-6-14(11-19)16(18)9-15/h6-7,9,13,20H,4-5,8,10,12H2,1-3H3. The Morgan fingerprint density at radius 2 is 2.24 bits per heavy atom. The van der Waals surface area contributed by atoms with E-state index in [1.807, 2.05) is 18.2 Å². The predicted octanol–water partition coefficient (Wildman–Crippen LogP) is 4.24. The summed E-state index contributed by atoms with van der Waals surface area (Å²) in [5.74, 6) is 0.788. The molecule has 0 bridgehead atoms. The lowest BCUT2D eigenvalue weighted by Gasteiger charge is -2.45. The van der Waals surface area contributed by atoms with Crippen molar-refractivity contribution in [1.82, 2.24) is 4.90 Å². The first-order chi connectivity index (χ1) is 9.97. The van der Waals surface area contributed by atoms with Crippen molar-refractivity contribution >= 4 is 21.6 Å². The Hall–Kier alpha value is -1.05. The van der Waals surface area contributed by atoms with Crippen molar-refractivity contribution in [2.75, 3.05) is 26.0 Å². The molecule has 1 aliphatic rings. The summed E-state index contributed by atoms with van der Waals surface area (Å²) < 4.78 is 0.853. The van der Waals surface area contributed by atoms with Crippen molar-refractivity contribution in [1.29, 1.82) is 5.26 Å². The summed E-state index contributed by atoms with van der Waals surface area (Å²) in [5, 5.41) is 12.5. The van der Waals surface area contributed by atoms with Gasteiger partial charge in [0.2, 0.25) is 0 Å². The number of halogens is 1. The number of hydrogen-bond acceptors (Lipinski definition) is 3. The van der Waals surface area contributed by atoms with Crippen molar-refractivity contribution < 1.29 is 0 Å². The second-order valence-corrected chi connectivity index (χ2v) is 7.33. The van der Waals surface area contributed by atoms with Gasteiger partial charge in [-0.1, -0.05) is 19.8 Å². The molecule has 1 saturated carbocycles. The van der Waals surface area contributed by atoms with Crippen molar-refractivity contribution in [3.63, 3.8) is 0 Å². The molecule has 0 radical (unpaired) electrons. The fraction of sp³-hybridized carbons (Fsp3) is 0.588. The Labute approximate surface area is 136 Å². The largest absolute Gasteiger partial charge is 0.383 e. The van der Waals surface area contributed by atoms with Gasteiger partial charge in [-0.25, -0.2) is 0 Å². The first kappa shape index (κ1) is 16.3. The molecule has 1 fully saturated rings. The number of rotatable bonds is 4. The summed E-state index contributed by atoms with van der Waals surface area (Å²) in [6.45, 7) is 3.30. The highest BCUT2D eigenvalue weighted by atomic mass is 79.9. The molecule has 0 saturated heterocycles. The van der Waals surface area contributed by atoms with Gasteiger partial charge in [0.25, 0.3) is 0 Å². The van der Waals surface area contributed by atoms with Crippen LogP contribution in [0.3, 0.4) is 0 Å². The highest BCUT2D eigenvalue weighted by molar-refractivity contribution is 9.10. The maximum absolute atomic E-state index is 8.98. The quantitative estimate of drug-likeness (QED) is 0.883. The minimum absolute atomic E-state index is 0.234. The second kappa shape index (κ2) is 6.81. The number of hydrogen-bond donors (Lipinski definition) is 1. The molecule has 2 atom stereocenters. The zero-order valence-electron chi connectivity index (χ0n) is 13.1. The lowest BCUT2D eigenvalue weighted by molar-refractivity contribution is 0.0882. The van der Waals surface area contributed by atoms with Crippen molar-refractivity contribution in [2.24, 2.45) is 5.92 Å². The molecule has 1 aromatic carbocycles. The first-order valence-corrected chi connectivity index (χ1v) is 8.37. The Morgan fingerprint density at radius 3 is 2.81 bits per heavy atom. The summed E-state index contributed by atoms with van der Waals surface area (Å²) in [4.78, 5) is 2.38. The molecule has 1 aliphatic carbocycles. The topological polar surface area (TPSA) is 39.1 Å². The Kier molecular flexibility index (Phi) is 5.29. The maximum atomic E-state index is 8.98. The van der Waals surface area contributed by atoms with Crippen molar-refractivity contribution in [3.8, 4) is 6.07 Å². The van der Waals surface area contributed by atoms with Gasteiger partial charge in [0, 0.05) is 22.2 Å². The second-order valence-electron chi connectivity index (χ2n) is 6.48. The third-order valence-electron chi connectivity index (χ3n) is 4.73. The number of nitrogens with zero attached hydrogens (tertiary/aromatic N) is 2. The summed E-state index contributed by atoms with van der Waals surface area (Å²) in [5.41, 5.74) is 1.98. The normalized spacial score (nSPS) is 25.6. The van der Waals surface area contributed by atoms with E-state index in [0.717, 1.165) is 22.6 Å². The van der Waals surface area contributed by atoms with Gasteiger partial charge in [0.1, 0.15) is 6.07 Å². The molecule has 1 aromatic rings. The fourth-order valence-electron chi connectivity index (χ4n) is 3.34. The van der Waals surface area contributed by atoms with E-state index >= 15 is 0 Å². The highest BCUT2D eigenvalue weighted by Crippen LogP contribution is 2.36. The van der Waals surface area contributed by atoms with Crippen molar-refractivity contribution in [3.05, 3.63) is 28.2 Å². The zero-order valence-corrected chi connectivity index (χ0v) is 14.7. The monoisotopic (exact) mass is 349 g/mol. The van der Waals surface area contributed by atoms with Crippen LogP contribution in [0.1, 0.15) is 38.2 Å². The van der Waals surface area contributed by atoms with Crippen LogP contribution in [0, 0.1) is 17.2 Å². The third kappa shape index (κ3) is 3.78. The molecule has 2 rings (SSSR count). The molecule has 3 nitrogen and oxygen atoms in total. The predicted molar refractivity (Wildman–Crippen MR) is 91.4 cm³/mol. The summed E-state index contributed by atoms with van der Waals surface area (Å²) in [6, 6.07) is 8.02. The fourth-order valence-corrected chi connectivity index (χ4v) is 3.81. The molecule has 0 aliphatic heterocycles. The van der Waals surface area contributed by atoms with Gasteiger partial charge in [0.15, 0.2) is 0 Å². The van der Waals surface area contributed by atoms with Crippen LogP contribution in [-0.4, -0.2) is 31.1 Å². The molecule has 0 spiro atoms. The van der Waals surface area contributed by atoms with Gasteiger partial charge in [-0.3, -0.25) is 0 Å². The maximum Gasteiger partial charge on any atom is 0.100 e. The number of benzene rings is 1.